The molecule has 0 bridgehead atoms. The fourth-order valence-electron chi connectivity index (χ4n) is 1.29. The van der Waals surface area contributed by atoms with Crippen molar-refractivity contribution in [3.8, 4) is 11.6 Å². The molecule has 104 valence electrons. The first-order valence-electron chi connectivity index (χ1n) is 5.02. The zero-order valence-corrected chi connectivity index (χ0v) is 11.0. The summed E-state index contributed by atoms with van der Waals surface area (Å²) in [6.45, 7) is 0. The van der Waals surface area contributed by atoms with E-state index >= 15 is 0 Å². The minimum absolute atomic E-state index is 0.156. The second kappa shape index (κ2) is 5.45. The quantitative estimate of drug-likeness (QED) is 0.478. The third kappa shape index (κ3) is 2.87. The summed E-state index contributed by atoms with van der Waals surface area (Å²) in [5.41, 5.74) is -0.314. The van der Waals surface area contributed by atoms with Gasteiger partial charge < -0.3 is 4.74 Å². The first kappa shape index (κ1) is 14.3. The van der Waals surface area contributed by atoms with Gasteiger partial charge in [0, 0.05) is 12.1 Å². The van der Waals surface area contributed by atoms with Crippen molar-refractivity contribution in [2.45, 2.75) is 0 Å². The molecule has 0 aliphatic rings. The standard InChI is InChI=1S/C11H4BrF3N2O3/c12-6-2-1-5(17(18)19)3-9(6)20-11-8(14)4-7(13)10(15)16-11/h1-4H. The summed E-state index contributed by atoms with van der Waals surface area (Å²) >= 11 is 3.03. The molecule has 2 aromatic rings. The smallest absolute Gasteiger partial charge is 0.273 e. The molecule has 0 aliphatic heterocycles. The summed E-state index contributed by atoms with van der Waals surface area (Å²) in [4.78, 5) is 12.9. The lowest BCUT2D eigenvalue weighted by Gasteiger charge is -2.07. The van der Waals surface area contributed by atoms with Gasteiger partial charge in [-0.1, -0.05) is 0 Å². The summed E-state index contributed by atoms with van der Waals surface area (Å²) in [6, 6.07) is 3.74. The van der Waals surface area contributed by atoms with E-state index in [2.05, 4.69) is 20.9 Å². The predicted octanol–water partition coefficient (Wildman–Crippen LogP) is 3.96. The lowest BCUT2D eigenvalue weighted by molar-refractivity contribution is -0.384. The molecule has 0 unspecified atom stereocenters. The van der Waals surface area contributed by atoms with Gasteiger partial charge in [0.1, 0.15) is 0 Å². The van der Waals surface area contributed by atoms with Crippen LogP contribution in [-0.2, 0) is 0 Å². The summed E-state index contributed by atoms with van der Waals surface area (Å²) in [6.07, 6.45) is 0. The van der Waals surface area contributed by atoms with E-state index in [9.17, 15) is 23.3 Å². The number of hydrogen-bond donors (Lipinski definition) is 0. The number of benzene rings is 1. The van der Waals surface area contributed by atoms with Crippen LogP contribution in [-0.4, -0.2) is 9.91 Å². The van der Waals surface area contributed by atoms with Crippen LogP contribution in [0.15, 0.2) is 28.7 Å². The van der Waals surface area contributed by atoms with Gasteiger partial charge in [-0.3, -0.25) is 10.1 Å². The number of nitro benzene ring substituents is 1. The molecule has 0 radical (unpaired) electrons. The van der Waals surface area contributed by atoms with E-state index in [1.54, 1.807) is 0 Å². The highest BCUT2D eigenvalue weighted by Gasteiger charge is 2.17. The van der Waals surface area contributed by atoms with Crippen molar-refractivity contribution >= 4 is 21.6 Å². The number of aromatic nitrogens is 1. The molecule has 2 rings (SSSR count). The van der Waals surface area contributed by atoms with Crippen LogP contribution in [0.4, 0.5) is 18.9 Å². The zero-order chi connectivity index (χ0) is 14.9. The van der Waals surface area contributed by atoms with Crippen molar-refractivity contribution in [3.63, 3.8) is 0 Å². The SMILES string of the molecule is O=[N+]([O-])c1ccc(Br)c(Oc2nc(F)c(F)cc2F)c1. The van der Waals surface area contributed by atoms with Gasteiger partial charge in [-0.25, -0.2) is 8.78 Å². The van der Waals surface area contributed by atoms with Crippen LogP contribution in [0, 0.1) is 27.7 Å². The van der Waals surface area contributed by atoms with Crippen molar-refractivity contribution in [3.05, 3.63) is 56.4 Å². The Morgan fingerprint density at radius 2 is 1.90 bits per heavy atom. The Morgan fingerprint density at radius 1 is 1.20 bits per heavy atom. The Bertz CT molecular complexity index is 697. The van der Waals surface area contributed by atoms with Crippen LogP contribution in [0.3, 0.4) is 0 Å². The lowest BCUT2D eigenvalue weighted by Crippen LogP contribution is -1.99. The molecule has 0 saturated heterocycles. The summed E-state index contributed by atoms with van der Waals surface area (Å²) in [5.74, 6) is -5.22. The Balaban J connectivity index is 2.42. The average Bonchev–Trinajstić information content (AvgIpc) is 2.38. The second-order valence-corrected chi connectivity index (χ2v) is 4.38. The Labute approximate surface area is 118 Å². The van der Waals surface area contributed by atoms with Crippen LogP contribution < -0.4 is 4.74 Å². The maximum absolute atomic E-state index is 13.4. The van der Waals surface area contributed by atoms with Gasteiger partial charge in [-0.05, 0) is 22.0 Å². The van der Waals surface area contributed by atoms with Crippen molar-refractivity contribution in [1.29, 1.82) is 0 Å². The van der Waals surface area contributed by atoms with Crippen LogP contribution in [0.5, 0.6) is 11.6 Å². The third-order valence-corrected chi connectivity index (χ3v) is 2.84. The molecular weight excluding hydrogens is 345 g/mol. The Kier molecular flexibility index (Phi) is 3.89. The number of hydrogen-bond acceptors (Lipinski definition) is 4. The topological polar surface area (TPSA) is 65.3 Å². The Morgan fingerprint density at radius 3 is 2.55 bits per heavy atom. The van der Waals surface area contributed by atoms with Crippen LogP contribution in [0.2, 0.25) is 0 Å². The molecule has 0 spiro atoms. The maximum atomic E-state index is 13.4. The van der Waals surface area contributed by atoms with Crippen LogP contribution >= 0.6 is 15.9 Å². The van der Waals surface area contributed by atoms with Crippen molar-refractivity contribution in [1.82, 2.24) is 4.98 Å². The van der Waals surface area contributed by atoms with Crippen molar-refractivity contribution in [2.24, 2.45) is 0 Å². The molecule has 20 heavy (non-hydrogen) atoms. The summed E-state index contributed by atoms with van der Waals surface area (Å²) < 4.78 is 44.2. The van der Waals surface area contributed by atoms with Crippen molar-refractivity contribution < 1.29 is 22.8 Å². The van der Waals surface area contributed by atoms with E-state index in [4.69, 9.17) is 4.74 Å². The number of pyridine rings is 1. The van der Waals surface area contributed by atoms with E-state index in [-0.39, 0.29) is 22.0 Å². The van der Waals surface area contributed by atoms with Crippen LogP contribution in [0.25, 0.3) is 0 Å². The van der Waals surface area contributed by atoms with Gasteiger partial charge in [0.25, 0.3) is 17.5 Å². The van der Waals surface area contributed by atoms with Gasteiger partial charge in [0.2, 0.25) is 0 Å². The van der Waals surface area contributed by atoms with Crippen LogP contribution in [0.1, 0.15) is 0 Å². The van der Waals surface area contributed by atoms with Gasteiger partial charge in [0.05, 0.1) is 15.5 Å². The van der Waals surface area contributed by atoms with E-state index in [0.717, 1.165) is 6.07 Å². The first-order chi connectivity index (χ1) is 9.38. The lowest BCUT2D eigenvalue weighted by atomic mass is 10.3. The molecule has 9 heteroatoms. The minimum Gasteiger partial charge on any atom is -0.435 e. The van der Waals surface area contributed by atoms with E-state index in [1.807, 2.05) is 0 Å². The zero-order valence-electron chi connectivity index (χ0n) is 9.44. The van der Waals surface area contributed by atoms with Gasteiger partial charge >= 0.3 is 0 Å². The monoisotopic (exact) mass is 348 g/mol. The van der Waals surface area contributed by atoms with Gasteiger partial charge in [-0.15, -0.1) is 0 Å². The summed E-state index contributed by atoms with van der Waals surface area (Å²) in [7, 11) is 0. The van der Waals surface area contributed by atoms with E-state index in [1.165, 1.54) is 12.1 Å². The number of nitro groups is 1. The predicted molar refractivity (Wildman–Crippen MR) is 65.0 cm³/mol. The highest BCUT2D eigenvalue weighted by molar-refractivity contribution is 9.10. The largest absolute Gasteiger partial charge is 0.435 e. The number of halogens is 4. The average molecular weight is 349 g/mol. The summed E-state index contributed by atoms with van der Waals surface area (Å²) in [5, 5.41) is 10.6. The molecule has 0 amide bonds. The molecule has 0 aliphatic carbocycles. The maximum Gasteiger partial charge on any atom is 0.273 e. The van der Waals surface area contributed by atoms with E-state index < -0.39 is 28.4 Å². The highest BCUT2D eigenvalue weighted by atomic mass is 79.9. The molecule has 1 aromatic heterocycles. The number of rotatable bonds is 3. The molecule has 0 N–H and O–H groups in total. The molecule has 0 saturated carbocycles. The molecule has 5 nitrogen and oxygen atoms in total. The highest BCUT2D eigenvalue weighted by Crippen LogP contribution is 2.33. The van der Waals surface area contributed by atoms with Gasteiger partial charge in [-0.2, -0.15) is 9.37 Å². The Hall–Kier alpha value is -2.16. The third-order valence-electron chi connectivity index (χ3n) is 2.19. The fraction of sp³-hybridized carbons (Fsp3) is 0. The number of ether oxygens (including phenoxy) is 1. The van der Waals surface area contributed by atoms with Crippen molar-refractivity contribution in [2.75, 3.05) is 0 Å². The second-order valence-electron chi connectivity index (χ2n) is 3.52. The normalized spacial score (nSPS) is 10.4. The van der Waals surface area contributed by atoms with Gasteiger partial charge in [0.15, 0.2) is 17.4 Å². The first-order valence-corrected chi connectivity index (χ1v) is 5.81. The molecule has 1 heterocycles. The molecule has 0 atom stereocenters. The molecular formula is C11H4BrF3N2O3. The number of nitrogens with zero attached hydrogens (tertiary/aromatic N) is 2. The minimum atomic E-state index is -1.54. The molecule has 0 fully saturated rings. The fourth-order valence-corrected chi connectivity index (χ4v) is 1.62. The number of non-ortho nitro benzene ring substituents is 1. The molecule has 1 aromatic carbocycles. The van der Waals surface area contributed by atoms with E-state index in [0.29, 0.717) is 0 Å².